The summed E-state index contributed by atoms with van der Waals surface area (Å²) in [6.07, 6.45) is 0. The molecule has 8 heteroatoms. The van der Waals surface area contributed by atoms with E-state index in [4.69, 9.17) is 0 Å². The fraction of sp³-hybridized carbons (Fsp3) is 0.0769. The Kier molecular flexibility index (Phi) is 2.86. The molecule has 3 aromatic heterocycles. The van der Waals surface area contributed by atoms with Crippen LogP contribution in [0.2, 0.25) is 0 Å². The van der Waals surface area contributed by atoms with Crippen molar-refractivity contribution in [2.24, 2.45) is 0 Å². The van der Waals surface area contributed by atoms with Crippen molar-refractivity contribution in [3.05, 3.63) is 40.5 Å². The van der Waals surface area contributed by atoms with Crippen LogP contribution in [0, 0.1) is 6.92 Å². The number of hydrogen-bond donors (Lipinski definition) is 1. The first-order chi connectivity index (χ1) is 10.2. The summed E-state index contributed by atoms with van der Waals surface area (Å²) in [5.41, 5.74) is 2.78. The number of aromatic amines is 1. The molecule has 0 fully saturated rings. The lowest BCUT2D eigenvalue weighted by Gasteiger charge is -1.99. The number of aryl methyl sites for hydroxylation is 1. The first-order valence-corrected chi connectivity index (χ1v) is 7.83. The van der Waals surface area contributed by atoms with Crippen LogP contribution in [0.4, 0.5) is 0 Å². The van der Waals surface area contributed by atoms with Crippen LogP contribution in [-0.2, 0) is 0 Å². The molecule has 4 aromatic rings. The Hall–Kier alpha value is -2.06. The van der Waals surface area contributed by atoms with Gasteiger partial charge in [-0.3, -0.25) is 5.10 Å². The number of fused-ring (bicyclic) bond motifs is 1. The van der Waals surface area contributed by atoms with Gasteiger partial charge in [-0.15, -0.1) is 10.2 Å². The van der Waals surface area contributed by atoms with Gasteiger partial charge in [0.15, 0.2) is 10.8 Å². The van der Waals surface area contributed by atoms with E-state index >= 15 is 0 Å². The number of hydrogen-bond acceptors (Lipinski definition) is 5. The summed E-state index contributed by atoms with van der Waals surface area (Å²) in [4.78, 5) is 0.747. The predicted octanol–water partition coefficient (Wildman–Crippen LogP) is 3.31. The minimum Gasteiger partial charge on any atom is -0.282 e. The van der Waals surface area contributed by atoms with Crippen molar-refractivity contribution in [3.8, 4) is 22.1 Å². The number of halogens is 1. The van der Waals surface area contributed by atoms with Crippen LogP contribution < -0.4 is 0 Å². The zero-order chi connectivity index (χ0) is 14.4. The van der Waals surface area contributed by atoms with Crippen molar-refractivity contribution in [1.82, 2.24) is 30.0 Å². The molecule has 0 bridgehead atoms. The molecule has 4 rings (SSSR count). The van der Waals surface area contributed by atoms with E-state index < -0.39 is 0 Å². The van der Waals surface area contributed by atoms with Gasteiger partial charge in [-0.1, -0.05) is 39.4 Å². The average molecular weight is 361 g/mol. The molecule has 1 aromatic carbocycles. The molecule has 0 saturated carbocycles. The lowest BCUT2D eigenvalue weighted by Crippen LogP contribution is -1.91. The normalized spacial score (nSPS) is 11.3. The third-order valence-electron chi connectivity index (χ3n) is 3.03. The smallest absolute Gasteiger partial charge is 0.235 e. The van der Waals surface area contributed by atoms with Crippen LogP contribution in [0.25, 0.3) is 27.1 Å². The van der Waals surface area contributed by atoms with E-state index in [2.05, 4.69) is 41.4 Å². The molecular weight excluding hydrogens is 352 g/mol. The second kappa shape index (κ2) is 4.74. The van der Waals surface area contributed by atoms with E-state index in [1.165, 1.54) is 11.3 Å². The monoisotopic (exact) mass is 360 g/mol. The Morgan fingerprint density at radius 3 is 2.86 bits per heavy atom. The summed E-state index contributed by atoms with van der Waals surface area (Å²) < 4.78 is 2.72. The van der Waals surface area contributed by atoms with Crippen LogP contribution in [0.1, 0.15) is 5.69 Å². The van der Waals surface area contributed by atoms with E-state index in [1.54, 1.807) is 4.52 Å². The molecule has 0 radical (unpaired) electrons. The van der Waals surface area contributed by atoms with Crippen molar-refractivity contribution in [1.29, 1.82) is 0 Å². The summed E-state index contributed by atoms with van der Waals surface area (Å²) in [6.45, 7) is 1.96. The standard InChI is InChI=1S/C13H9BrN6S/c1-7-6-10(16-15-7)12-19-20-11(17-18-13(20)21-12)8-4-2-3-5-9(8)14/h2-6H,1H3,(H,15,16). The van der Waals surface area contributed by atoms with Crippen LogP contribution in [-0.4, -0.2) is 30.0 Å². The number of benzene rings is 1. The van der Waals surface area contributed by atoms with Gasteiger partial charge in [-0.2, -0.15) is 14.7 Å². The Morgan fingerprint density at radius 2 is 2.10 bits per heavy atom. The number of aromatic nitrogens is 6. The maximum atomic E-state index is 4.58. The van der Waals surface area contributed by atoms with E-state index in [-0.39, 0.29) is 0 Å². The Balaban J connectivity index is 1.89. The van der Waals surface area contributed by atoms with Gasteiger partial charge in [0, 0.05) is 15.7 Å². The zero-order valence-corrected chi connectivity index (χ0v) is 13.3. The molecule has 0 amide bonds. The van der Waals surface area contributed by atoms with Crippen LogP contribution in [0.15, 0.2) is 34.8 Å². The highest BCUT2D eigenvalue weighted by Gasteiger charge is 2.16. The topological polar surface area (TPSA) is 71.8 Å². The van der Waals surface area contributed by atoms with Gasteiger partial charge >= 0.3 is 0 Å². The van der Waals surface area contributed by atoms with Crippen LogP contribution in [0.3, 0.4) is 0 Å². The van der Waals surface area contributed by atoms with Crippen molar-refractivity contribution >= 4 is 32.2 Å². The Bertz CT molecular complexity index is 937. The largest absolute Gasteiger partial charge is 0.282 e. The second-order valence-corrected chi connectivity index (χ2v) is 6.35. The second-order valence-electron chi connectivity index (χ2n) is 4.54. The van der Waals surface area contributed by atoms with E-state index in [0.29, 0.717) is 5.82 Å². The van der Waals surface area contributed by atoms with Gasteiger partial charge in [0.05, 0.1) is 0 Å². The quantitative estimate of drug-likeness (QED) is 0.595. The summed E-state index contributed by atoms with van der Waals surface area (Å²) >= 11 is 5.00. The molecule has 0 saturated heterocycles. The predicted molar refractivity (Wildman–Crippen MR) is 84.1 cm³/mol. The zero-order valence-electron chi connectivity index (χ0n) is 10.9. The molecular formula is C13H9BrN6S. The molecule has 3 heterocycles. The van der Waals surface area contributed by atoms with E-state index in [0.717, 1.165) is 31.4 Å². The molecule has 104 valence electrons. The van der Waals surface area contributed by atoms with Gasteiger partial charge in [0.1, 0.15) is 5.69 Å². The summed E-state index contributed by atoms with van der Waals surface area (Å²) in [5, 5.41) is 21.0. The van der Waals surface area contributed by atoms with Crippen molar-refractivity contribution in [2.75, 3.05) is 0 Å². The molecule has 0 atom stereocenters. The first-order valence-electron chi connectivity index (χ1n) is 6.22. The molecule has 0 aliphatic carbocycles. The van der Waals surface area contributed by atoms with Crippen LogP contribution >= 0.6 is 27.3 Å². The highest BCUT2D eigenvalue weighted by atomic mass is 79.9. The minimum atomic E-state index is 0.715. The van der Waals surface area contributed by atoms with Crippen molar-refractivity contribution < 1.29 is 0 Å². The Morgan fingerprint density at radius 1 is 1.24 bits per heavy atom. The van der Waals surface area contributed by atoms with Gasteiger partial charge in [-0.25, -0.2) is 0 Å². The summed E-state index contributed by atoms with van der Waals surface area (Å²) in [6, 6.07) is 9.85. The third-order valence-corrected chi connectivity index (χ3v) is 4.64. The number of rotatable bonds is 2. The number of nitrogens with one attached hydrogen (secondary N) is 1. The van der Waals surface area contributed by atoms with Crippen LogP contribution in [0.5, 0.6) is 0 Å². The van der Waals surface area contributed by atoms with Gasteiger partial charge in [0.25, 0.3) is 0 Å². The SMILES string of the molecule is Cc1cc(-c2nn3c(-c4ccccc4Br)nnc3s2)n[nH]1. The maximum Gasteiger partial charge on any atom is 0.235 e. The molecule has 21 heavy (non-hydrogen) atoms. The molecule has 0 spiro atoms. The minimum absolute atomic E-state index is 0.715. The highest BCUT2D eigenvalue weighted by molar-refractivity contribution is 9.10. The molecule has 0 aliphatic rings. The summed E-state index contributed by atoms with van der Waals surface area (Å²) in [5.74, 6) is 0.715. The molecule has 0 unspecified atom stereocenters. The van der Waals surface area contributed by atoms with E-state index in [1.807, 2.05) is 37.3 Å². The highest BCUT2D eigenvalue weighted by Crippen LogP contribution is 2.30. The maximum absolute atomic E-state index is 4.58. The summed E-state index contributed by atoms with van der Waals surface area (Å²) in [7, 11) is 0. The van der Waals surface area contributed by atoms with Gasteiger partial charge in [0.2, 0.25) is 4.96 Å². The molecule has 0 aliphatic heterocycles. The fourth-order valence-electron chi connectivity index (χ4n) is 2.06. The van der Waals surface area contributed by atoms with E-state index in [9.17, 15) is 0 Å². The lowest BCUT2D eigenvalue weighted by atomic mass is 10.2. The van der Waals surface area contributed by atoms with Gasteiger partial charge in [-0.05, 0) is 25.1 Å². The number of H-pyrrole nitrogens is 1. The first kappa shape index (κ1) is 12.7. The average Bonchev–Trinajstić information content (AvgIpc) is 3.14. The molecule has 6 nitrogen and oxygen atoms in total. The third kappa shape index (κ3) is 2.07. The fourth-order valence-corrected chi connectivity index (χ4v) is 3.32. The van der Waals surface area contributed by atoms with Crippen molar-refractivity contribution in [2.45, 2.75) is 6.92 Å². The van der Waals surface area contributed by atoms with Crippen molar-refractivity contribution in [3.63, 3.8) is 0 Å². The molecule has 1 N–H and O–H groups in total. The number of nitrogens with zero attached hydrogens (tertiary/aromatic N) is 5. The Labute approximate surface area is 132 Å². The van der Waals surface area contributed by atoms with Gasteiger partial charge < -0.3 is 0 Å². The lowest BCUT2D eigenvalue weighted by molar-refractivity contribution is 0.961.